The summed E-state index contributed by atoms with van der Waals surface area (Å²) in [6, 6.07) is 5.10. The van der Waals surface area contributed by atoms with Crippen molar-refractivity contribution < 1.29 is 22.7 Å². The first-order valence-electron chi connectivity index (χ1n) is 9.95. The van der Waals surface area contributed by atoms with Gasteiger partial charge in [-0.15, -0.1) is 0 Å². The Morgan fingerprint density at radius 1 is 1.10 bits per heavy atom. The van der Waals surface area contributed by atoms with E-state index in [1.807, 2.05) is 19.9 Å². The summed E-state index contributed by atoms with van der Waals surface area (Å²) in [5.41, 5.74) is 1.97. The van der Waals surface area contributed by atoms with Crippen molar-refractivity contribution in [1.82, 2.24) is 9.21 Å². The molecule has 7 nitrogen and oxygen atoms in total. The molecule has 8 heteroatoms. The van der Waals surface area contributed by atoms with E-state index in [1.165, 1.54) is 4.31 Å². The highest BCUT2D eigenvalue weighted by molar-refractivity contribution is 7.89. The number of esters is 1. The second-order valence-corrected chi connectivity index (χ2v) is 9.60. The summed E-state index contributed by atoms with van der Waals surface area (Å²) in [5.74, 6) is -0.453. The Morgan fingerprint density at radius 3 is 2.45 bits per heavy atom. The van der Waals surface area contributed by atoms with Crippen LogP contribution in [0.4, 0.5) is 0 Å². The number of allylic oxidation sites excluding steroid dienone is 2. The normalized spacial score (nSPS) is 20.1. The van der Waals surface area contributed by atoms with Gasteiger partial charge in [0.25, 0.3) is 5.91 Å². The summed E-state index contributed by atoms with van der Waals surface area (Å²) >= 11 is 0. The Morgan fingerprint density at radius 2 is 1.83 bits per heavy atom. The smallest absolute Gasteiger partial charge is 0.306 e. The van der Waals surface area contributed by atoms with Crippen molar-refractivity contribution in [2.75, 3.05) is 32.8 Å². The van der Waals surface area contributed by atoms with E-state index in [2.05, 4.69) is 6.08 Å². The van der Waals surface area contributed by atoms with Gasteiger partial charge in [-0.25, -0.2) is 8.42 Å². The lowest BCUT2D eigenvalue weighted by molar-refractivity contribution is -0.153. The van der Waals surface area contributed by atoms with Crippen molar-refractivity contribution >= 4 is 21.9 Å². The fourth-order valence-corrected chi connectivity index (χ4v) is 5.08. The van der Waals surface area contributed by atoms with Crippen LogP contribution in [0.5, 0.6) is 0 Å². The summed E-state index contributed by atoms with van der Waals surface area (Å²) in [6.07, 6.45) is 6.28. The number of rotatable bonds is 6. The van der Waals surface area contributed by atoms with Crippen LogP contribution in [0.2, 0.25) is 0 Å². The van der Waals surface area contributed by atoms with Gasteiger partial charge in [0, 0.05) is 26.2 Å². The molecule has 1 aliphatic heterocycles. The third kappa shape index (κ3) is 5.25. The second kappa shape index (κ2) is 9.09. The van der Waals surface area contributed by atoms with Crippen LogP contribution in [0.1, 0.15) is 30.4 Å². The van der Waals surface area contributed by atoms with Gasteiger partial charge in [-0.1, -0.05) is 18.2 Å². The number of aryl methyl sites for hydroxylation is 2. The lowest BCUT2D eigenvalue weighted by Gasteiger charge is -2.34. The molecule has 0 spiro atoms. The molecule has 158 valence electrons. The minimum absolute atomic E-state index is 0.205. The van der Waals surface area contributed by atoms with Crippen LogP contribution in [-0.4, -0.2) is 62.3 Å². The van der Waals surface area contributed by atoms with E-state index in [0.29, 0.717) is 6.42 Å². The zero-order valence-corrected chi connectivity index (χ0v) is 17.8. The maximum atomic E-state index is 12.9. The summed E-state index contributed by atoms with van der Waals surface area (Å²) < 4.78 is 32.2. The molecule has 2 aliphatic rings. The quantitative estimate of drug-likeness (QED) is 0.519. The molecule has 1 aromatic carbocycles. The number of piperazine rings is 1. The average molecular weight is 421 g/mol. The van der Waals surface area contributed by atoms with E-state index >= 15 is 0 Å². The summed E-state index contributed by atoms with van der Waals surface area (Å²) in [7, 11) is -3.59. The molecule has 0 saturated carbocycles. The Bertz CT molecular complexity index is 902. The molecule has 1 aliphatic carbocycles. The number of ether oxygens (including phenoxy) is 1. The monoisotopic (exact) mass is 420 g/mol. The predicted octanol–water partition coefficient (Wildman–Crippen LogP) is 2.04. The predicted molar refractivity (Wildman–Crippen MR) is 109 cm³/mol. The fourth-order valence-electron chi connectivity index (χ4n) is 3.57. The number of amides is 1. The van der Waals surface area contributed by atoms with E-state index in [9.17, 15) is 18.0 Å². The average Bonchev–Trinajstić information content (AvgIpc) is 3.21. The number of hydrogen-bond donors (Lipinski definition) is 0. The summed E-state index contributed by atoms with van der Waals surface area (Å²) in [5, 5.41) is 0. The third-order valence-corrected chi connectivity index (χ3v) is 7.50. The standard InChI is InChI=1S/C21H28N2O5S/c1-16-7-8-19(13-17(16)2)29(26,27)23-11-9-22(10-12-23)20(24)15-28-21(25)14-18-5-3-4-6-18/h3,5,7-8,13,18H,4,6,9-12,14-15H2,1-2H3/t18-/m1/s1. The summed E-state index contributed by atoms with van der Waals surface area (Å²) in [6.45, 7) is 4.54. The molecule has 1 amide bonds. The number of carbonyl (C=O) groups excluding carboxylic acids is 2. The molecule has 3 rings (SSSR count). The maximum Gasteiger partial charge on any atom is 0.306 e. The maximum absolute atomic E-state index is 12.9. The lowest BCUT2D eigenvalue weighted by atomic mass is 10.1. The number of benzene rings is 1. The van der Waals surface area contributed by atoms with Crippen molar-refractivity contribution in [2.24, 2.45) is 5.92 Å². The van der Waals surface area contributed by atoms with E-state index in [-0.39, 0.29) is 55.5 Å². The molecule has 0 radical (unpaired) electrons. The zero-order chi connectivity index (χ0) is 21.0. The van der Waals surface area contributed by atoms with Crippen LogP contribution in [0, 0.1) is 19.8 Å². The number of hydrogen-bond acceptors (Lipinski definition) is 5. The molecule has 0 N–H and O–H groups in total. The van der Waals surface area contributed by atoms with Crippen LogP contribution in [0.25, 0.3) is 0 Å². The molecule has 29 heavy (non-hydrogen) atoms. The van der Waals surface area contributed by atoms with Crippen molar-refractivity contribution in [3.63, 3.8) is 0 Å². The van der Waals surface area contributed by atoms with Crippen molar-refractivity contribution in [3.05, 3.63) is 41.5 Å². The molecular weight excluding hydrogens is 392 g/mol. The Hall–Kier alpha value is -2.19. The first kappa shape index (κ1) is 21.5. The van der Waals surface area contributed by atoms with Crippen LogP contribution < -0.4 is 0 Å². The van der Waals surface area contributed by atoms with E-state index in [1.54, 1.807) is 23.1 Å². The molecule has 1 atom stereocenters. The highest BCUT2D eigenvalue weighted by Crippen LogP contribution is 2.22. The lowest BCUT2D eigenvalue weighted by Crippen LogP contribution is -2.51. The minimum atomic E-state index is -3.59. The molecule has 0 unspecified atom stereocenters. The van der Waals surface area contributed by atoms with Gasteiger partial charge in [0.1, 0.15) is 0 Å². The van der Waals surface area contributed by atoms with Crippen molar-refractivity contribution in [3.8, 4) is 0 Å². The third-order valence-electron chi connectivity index (χ3n) is 5.61. The molecule has 1 fully saturated rings. The van der Waals surface area contributed by atoms with Gasteiger partial charge in [-0.2, -0.15) is 4.31 Å². The topological polar surface area (TPSA) is 84.0 Å². The first-order valence-corrected chi connectivity index (χ1v) is 11.4. The Balaban J connectivity index is 1.49. The second-order valence-electron chi connectivity index (χ2n) is 7.66. The van der Waals surface area contributed by atoms with Crippen LogP contribution in [0.3, 0.4) is 0 Å². The molecule has 1 heterocycles. The molecule has 0 bridgehead atoms. The number of carbonyl (C=O) groups is 2. The van der Waals surface area contributed by atoms with Gasteiger partial charge in [0.15, 0.2) is 6.61 Å². The highest BCUT2D eigenvalue weighted by Gasteiger charge is 2.30. The van der Waals surface area contributed by atoms with E-state index in [4.69, 9.17) is 4.74 Å². The summed E-state index contributed by atoms with van der Waals surface area (Å²) in [4.78, 5) is 26.0. The van der Waals surface area contributed by atoms with Gasteiger partial charge in [-0.3, -0.25) is 9.59 Å². The van der Waals surface area contributed by atoms with E-state index in [0.717, 1.165) is 24.0 Å². The van der Waals surface area contributed by atoms with Crippen LogP contribution in [-0.2, 0) is 24.3 Å². The SMILES string of the molecule is Cc1ccc(S(=O)(=O)N2CCN(C(=O)COC(=O)C[C@@H]3C=CCC3)CC2)cc1C. The Kier molecular flexibility index (Phi) is 6.74. The van der Waals surface area contributed by atoms with Gasteiger partial charge < -0.3 is 9.64 Å². The molecule has 1 saturated heterocycles. The minimum Gasteiger partial charge on any atom is -0.456 e. The van der Waals surface area contributed by atoms with Crippen LogP contribution >= 0.6 is 0 Å². The van der Waals surface area contributed by atoms with Gasteiger partial charge >= 0.3 is 5.97 Å². The number of sulfonamides is 1. The molecule has 0 aromatic heterocycles. The van der Waals surface area contributed by atoms with Crippen molar-refractivity contribution in [1.29, 1.82) is 0 Å². The van der Waals surface area contributed by atoms with Gasteiger partial charge in [0.2, 0.25) is 10.0 Å². The Labute approximate surface area is 172 Å². The van der Waals surface area contributed by atoms with Crippen molar-refractivity contribution in [2.45, 2.75) is 38.0 Å². The largest absolute Gasteiger partial charge is 0.456 e. The fraction of sp³-hybridized carbons (Fsp3) is 0.524. The van der Waals surface area contributed by atoms with Crippen LogP contribution in [0.15, 0.2) is 35.2 Å². The first-order chi connectivity index (χ1) is 13.8. The zero-order valence-electron chi connectivity index (χ0n) is 17.0. The van der Waals surface area contributed by atoms with Gasteiger partial charge in [-0.05, 0) is 55.9 Å². The molecule has 1 aromatic rings. The molecular formula is C21H28N2O5S. The highest BCUT2D eigenvalue weighted by atomic mass is 32.2. The number of nitrogens with zero attached hydrogens (tertiary/aromatic N) is 2. The van der Waals surface area contributed by atoms with Gasteiger partial charge in [0.05, 0.1) is 11.3 Å². The van der Waals surface area contributed by atoms with E-state index < -0.39 is 10.0 Å².